The summed E-state index contributed by atoms with van der Waals surface area (Å²) in [6.07, 6.45) is 1.44. The van der Waals surface area contributed by atoms with E-state index in [0.717, 1.165) is 0 Å². The molecule has 1 aromatic carbocycles. The average Bonchev–Trinajstić information content (AvgIpc) is 2.33. The quantitative estimate of drug-likeness (QED) is 0.781. The lowest BCUT2D eigenvalue weighted by Gasteiger charge is -2.05. The lowest BCUT2D eigenvalue weighted by atomic mass is 10.3. The summed E-state index contributed by atoms with van der Waals surface area (Å²) in [6.45, 7) is 0. The molecule has 0 saturated carbocycles. The second-order valence-corrected chi connectivity index (χ2v) is 3.41. The van der Waals surface area contributed by atoms with Crippen molar-refractivity contribution in [3.05, 3.63) is 48.3 Å². The number of rotatable bonds is 3. The molecule has 0 aliphatic carbocycles. The first kappa shape index (κ1) is 10.9. The Kier molecular flexibility index (Phi) is 2.91. The Morgan fingerprint density at radius 3 is 2.24 bits per heavy atom. The Balaban J connectivity index is 2.13. The van der Waals surface area contributed by atoms with Crippen molar-refractivity contribution in [2.24, 2.45) is 5.73 Å². The van der Waals surface area contributed by atoms with Gasteiger partial charge in [-0.3, -0.25) is 4.79 Å². The van der Waals surface area contributed by atoms with Gasteiger partial charge in [0.25, 0.3) is 5.91 Å². The Morgan fingerprint density at radius 2 is 1.71 bits per heavy atom. The van der Waals surface area contributed by atoms with Gasteiger partial charge in [-0.05, 0) is 36.4 Å². The number of aromatic nitrogens is 1. The van der Waals surface area contributed by atoms with E-state index in [1.54, 1.807) is 30.3 Å². The van der Waals surface area contributed by atoms with Crippen LogP contribution >= 0.6 is 0 Å². The van der Waals surface area contributed by atoms with Crippen molar-refractivity contribution in [2.45, 2.75) is 0 Å². The minimum atomic E-state index is -0.566. The van der Waals surface area contributed by atoms with Crippen molar-refractivity contribution < 1.29 is 9.53 Å². The van der Waals surface area contributed by atoms with Gasteiger partial charge in [-0.1, -0.05) is 0 Å². The minimum absolute atomic E-state index is 0.203. The largest absolute Gasteiger partial charge is 0.456 e. The zero-order chi connectivity index (χ0) is 12.3. The number of nitrogens with zero attached hydrogens (tertiary/aromatic N) is 1. The predicted molar refractivity (Wildman–Crippen MR) is 63.7 cm³/mol. The first-order valence-electron chi connectivity index (χ1n) is 4.94. The molecule has 0 spiro atoms. The molecule has 2 rings (SSSR count). The molecule has 17 heavy (non-hydrogen) atoms. The highest BCUT2D eigenvalue weighted by Gasteiger charge is 2.02. The van der Waals surface area contributed by atoms with Gasteiger partial charge in [0.05, 0.1) is 6.20 Å². The molecule has 5 heteroatoms. The predicted octanol–water partition coefficient (Wildman–Crippen LogP) is 1.55. The van der Waals surface area contributed by atoms with E-state index in [1.807, 2.05) is 0 Å². The van der Waals surface area contributed by atoms with Gasteiger partial charge in [-0.2, -0.15) is 0 Å². The van der Waals surface area contributed by atoms with E-state index in [9.17, 15) is 4.79 Å². The highest BCUT2D eigenvalue weighted by Crippen LogP contribution is 2.21. The number of primary amides is 1. The molecule has 0 unspecified atom stereocenters. The standard InChI is InChI=1S/C12H11N3O2/c13-8-1-3-9(4-2-8)17-10-5-6-11(12(14)16)15-7-10/h1-7H,13H2,(H2,14,16). The number of hydrogen-bond donors (Lipinski definition) is 2. The summed E-state index contributed by atoms with van der Waals surface area (Å²) in [5.74, 6) is 0.608. The summed E-state index contributed by atoms with van der Waals surface area (Å²) in [5, 5.41) is 0. The third-order valence-corrected chi connectivity index (χ3v) is 2.10. The van der Waals surface area contributed by atoms with Gasteiger partial charge in [-0.25, -0.2) is 4.98 Å². The molecule has 0 radical (unpaired) electrons. The molecule has 0 aliphatic rings. The van der Waals surface area contributed by atoms with Gasteiger partial charge >= 0.3 is 0 Å². The van der Waals surface area contributed by atoms with Crippen LogP contribution in [0, 0.1) is 0 Å². The van der Waals surface area contributed by atoms with Crippen LogP contribution in [-0.2, 0) is 0 Å². The lowest BCUT2D eigenvalue weighted by Crippen LogP contribution is -2.12. The number of hydrogen-bond acceptors (Lipinski definition) is 4. The molecule has 1 amide bonds. The molecular weight excluding hydrogens is 218 g/mol. The summed E-state index contributed by atoms with van der Waals surface area (Å²) in [7, 11) is 0. The third-order valence-electron chi connectivity index (χ3n) is 2.10. The first-order chi connectivity index (χ1) is 8.15. The lowest BCUT2D eigenvalue weighted by molar-refractivity contribution is 0.0995. The molecule has 4 N–H and O–H groups in total. The average molecular weight is 229 g/mol. The second kappa shape index (κ2) is 4.52. The fraction of sp³-hybridized carbons (Fsp3) is 0. The van der Waals surface area contributed by atoms with Gasteiger partial charge < -0.3 is 16.2 Å². The highest BCUT2D eigenvalue weighted by atomic mass is 16.5. The van der Waals surface area contributed by atoms with Crippen molar-refractivity contribution in [3.8, 4) is 11.5 Å². The maximum Gasteiger partial charge on any atom is 0.267 e. The highest BCUT2D eigenvalue weighted by molar-refractivity contribution is 5.90. The van der Waals surface area contributed by atoms with Crippen LogP contribution in [0.2, 0.25) is 0 Å². The fourth-order valence-corrected chi connectivity index (χ4v) is 1.26. The fourth-order valence-electron chi connectivity index (χ4n) is 1.26. The third kappa shape index (κ3) is 2.72. The first-order valence-corrected chi connectivity index (χ1v) is 4.94. The number of anilines is 1. The van der Waals surface area contributed by atoms with Crippen molar-refractivity contribution in [2.75, 3.05) is 5.73 Å². The van der Waals surface area contributed by atoms with Crippen molar-refractivity contribution in [1.82, 2.24) is 4.98 Å². The molecule has 0 saturated heterocycles. The van der Waals surface area contributed by atoms with Crippen molar-refractivity contribution in [1.29, 1.82) is 0 Å². The number of ether oxygens (including phenoxy) is 1. The Morgan fingerprint density at radius 1 is 1.06 bits per heavy atom. The van der Waals surface area contributed by atoms with Crippen LogP contribution in [-0.4, -0.2) is 10.9 Å². The van der Waals surface area contributed by atoms with Gasteiger partial charge in [0.2, 0.25) is 0 Å². The van der Waals surface area contributed by atoms with Crippen LogP contribution in [0.3, 0.4) is 0 Å². The van der Waals surface area contributed by atoms with Gasteiger partial charge in [0.1, 0.15) is 17.2 Å². The second-order valence-electron chi connectivity index (χ2n) is 3.41. The number of nitrogens with two attached hydrogens (primary N) is 2. The monoisotopic (exact) mass is 229 g/mol. The summed E-state index contributed by atoms with van der Waals surface area (Å²) in [4.78, 5) is 14.7. The van der Waals surface area contributed by atoms with Crippen LogP contribution in [0.25, 0.3) is 0 Å². The van der Waals surface area contributed by atoms with Crippen LogP contribution in [0.1, 0.15) is 10.5 Å². The van der Waals surface area contributed by atoms with Crippen molar-refractivity contribution >= 4 is 11.6 Å². The molecule has 1 heterocycles. The van der Waals surface area contributed by atoms with Crippen molar-refractivity contribution in [3.63, 3.8) is 0 Å². The topological polar surface area (TPSA) is 91.2 Å². The number of benzene rings is 1. The molecule has 0 fully saturated rings. The van der Waals surface area contributed by atoms with Crippen LogP contribution in [0.15, 0.2) is 42.6 Å². The summed E-state index contributed by atoms with van der Waals surface area (Å²) < 4.78 is 5.50. The maximum atomic E-state index is 10.8. The molecule has 0 aliphatic heterocycles. The van der Waals surface area contributed by atoms with Gasteiger partial charge in [-0.15, -0.1) is 0 Å². The summed E-state index contributed by atoms with van der Waals surface area (Å²) in [5.41, 5.74) is 11.5. The zero-order valence-corrected chi connectivity index (χ0v) is 8.96. The van der Waals surface area contributed by atoms with Crippen LogP contribution in [0.4, 0.5) is 5.69 Å². The molecule has 1 aromatic heterocycles. The van der Waals surface area contributed by atoms with E-state index in [0.29, 0.717) is 17.2 Å². The van der Waals surface area contributed by atoms with Crippen LogP contribution in [0.5, 0.6) is 11.5 Å². The number of nitrogen functional groups attached to an aromatic ring is 1. The summed E-state index contributed by atoms with van der Waals surface area (Å²) >= 11 is 0. The van der Waals surface area contributed by atoms with E-state index >= 15 is 0 Å². The number of carbonyl (C=O) groups is 1. The number of carbonyl (C=O) groups excluding carboxylic acids is 1. The smallest absolute Gasteiger partial charge is 0.267 e. The zero-order valence-electron chi connectivity index (χ0n) is 8.96. The van der Waals surface area contributed by atoms with E-state index in [4.69, 9.17) is 16.2 Å². The Labute approximate surface area is 98.0 Å². The van der Waals surface area contributed by atoms with Gasteiger partial charge in [0, 0.05) is 5.69 Å². The minimum Gasteiger partial charge on any atom is -0.456 e. The Bertz CT molecular complexity index is 520. The number of pyridine rings is 1. The molecule has 0 atom stereocenters. The maximum absolute atomic E-state index is 10.8. The van der Waals surface area contributed by atoms with E-state index in [2.05, 4.69) is 4.98 Å². The molecular formula is C12H11N3O2. The van der Waals surface area contributed by atoms with E-state index < -0.39 is 5.91 Å². The SMILES string of the molecule is NC(=O)c1ccc(Oc2ccc(N)cc2)cn1. The number of amides is 1. The Hall–Kier alpha value is -2.56. The summed E-state index contributed by atoms with van der Waals surface area (Å²) in [6, 6.07) is 10.1. The molecule has 0 bridgehead atoms. The normalized spacial score (nSPS) is 9.88. The molecule has 2 aromatic rings. The van der Waals surface area contributed by atoms with Crippen LogP contribution < -0.4 is 16.2 Å². The van der Waals surface area contributed by atoms with E-state index in [-0.39, 0.29) is 5.69 Å². The molecule has 5 nitrogen and oxygen atoms in total. The van der Waals surface area contributed by atoms with Gasteiger partial charge in [0.15, 0.2) is 0 Å². The molecule has 86 valence electrons. The van der Waals surface area contributed by atoms with E-state index in [1.165, 1.54) is 12.3 Å².